The zero-order valence-electron chi connectivity index (χ0n) is 14.3. The van der Waals surface area contributed by atoms with E-state index in [1.54, 1.807) is 18.3 Å². The maximum atomic E-state index is 11.9. The van der Waals surface area contributed by atoms with Gasteiger partial charge in [0.05, 0.1) is 10.7 Å². The summed E-state index contributed by atoms with van der Waals surface area (Å²) in [6, 6.07) is 2.12. The standard InChI is InChI=1S/C18H24N2OS/c1-11-7-12(2)18(14(4)21)13(3)17(11)9-20(6)8-16-10-22-15(5)19-16/h7,10H,8-9H2,1-6H3. The van der Waals surface area contributed by atoms with Crippen LogP contribution < -0.4 is 0 Å². The molecule has 0 bridgehead atoms. The topological polar surface area (TPSA) is 33.2 Å². The maximum Gasteiger partial charge on any atom is 0.160 e. The van der Waals surface area contributed by atoms with Crippen molar-refractivity contribution in [2.45, 2.75) is 47.7 Å². The summed E-state index contributed by atoms with van der Waals surface area (Å²) in [6.45, 7) is 11.5. The zero-order valence-corrected chi connectivity index (χ0v) is 15.1. The fourth-order valence-electron chi connectivity index (χ4n) is 3.09. The molecule has 0 atom stereocenters. The molecule has 4 heteroatoms. The predicted octanol–water partition coefficient (Wildman–Crippen LogP) is 4.21. The molecule has 0 saturated carbocycles. The number of Topliss-reactive ketones (excluding diaryl/α,β-unsaturated/α-hetero) is 1. The van der Waals surface area contributed by atoms with Crippen LogP contribution in [0, 0.1) is 27.7 Å². The van der Waals surface area contributed by atoms with E-state index >= 15 is 0 Å². The third-order valence-electron chi connectivity index (χ3n) is 4.01. The van der Waals surface area contributed by atoms with Crippen LogP contribution in [0.4, 0.5) is 0 Å². The van der Waals surface area contributed by atoms with Crippen LogP contribution in [0.25, 0.3) is 0 Å². The number of aromatic nitrogens is 1. The average molecular weight is 316 g/mol. The summed E-state index contributed by atoms with van der Waals surface area (Å²) in [5.74, 6) is 0.147. The van der Waals surface area contributed by atoms with E-state index in [1.807, 2.05) is 13.8 Å². The number of benzene rings is 1. The van der Waals surface area contributed by atoms with Gasteiger partial charge in [0.1, 0.15) is 0 Å². The molecule has 2 aromatic rings. The lowest BCUT2D eigenvalue weighted by Crippen LogP contribution is -2.20. The van der Waals surface area contributed by atoms with Crippen LogP contribution in [0.2, 0.25) is 0 Å². The van der Waals surface area contributed by atoms with Crippen molar-refractivity contribution in [1.29, 1.82) is 0 Å². The fraction of sp³-hybridized carbons (Fsp3) is 0.444. The first-order chi connectivity index (χ1) is 10.3. The van der Waals surface area contributed by atoms with Gasteiger partial charge in [-0.2, -0.15) is 0 Å². The first-order valence-electron chi connectivity index (χ1n) is 7.49. The molecule has 3 nitrogen and oxygen atoms in total. The molecule has 1 heterocycles. The van der Waals surface area contributed by atoms with Crippen LogP contribution in [0.15, 0.2) is 11.4 Å². The molecule has 0 unspecified atom stereocenters. The van der Waals surface area contributed by atoms with Gasteiger partial charge < -0.3 is 0 Å². The second-order valence-corrected chi connectivity index (χ2v) is 7.14. The molecule has 0 aliphatic rings. The van der Waals surface area contributed by atoms with Crippen LogP contribution in [0.1, 0.15) is 50.2 Å². The van der Waals surface area contributed by atoms with E-state index in [9.17, 15) is 4.79 Å². The van der Waals surface area contributed by atoms with E-state index in [4.69, 9.17) is 0 Å². The summed E-state index contributed by atoms with van der Waals surface area (Å²) in [5, 5.41) is 3.21. The van der Waals surface area contributed by atoms with E-state index in [0.29, 0.717) is 0 Å². The average Bonchev–Trinajstić information content (AvgIpc) is 2.79. The lowest BCUT2D eigenvalue weighted by Gasteiger charge is -2.21. The van der Waals surface area contributed by atoms with Crippen molar-refractivity contribution in [1.82, 2.24) is 9.88 Å². The lowest BCUT2D eigenvalue weighted by atomic mass is 9.91. The lowest BCUT2D eigenvalue weighted by molar-refractivity contribution is 0.101. The van der Waals surface area contributed by atoms with Gasteiger partial charge in [0.25, 0.3) is 0 Å². The predicted molar refractivity (Wildman–Crippen MR) is 92.7 cm³/mol. The number of thiazole rings is 1. The molecule has 1 aromatic heterocycles. The van der Waals surface area contributed by atoms with Gasteiger partial charge in [0, 0.05) is 24.0 Å². The molecule has 0 aliphatic heterocycles. The van der Waals surface area contributed by atoms with Crippen LogP contribution >= 0.6 is 11.3 Å². The minimum absolute atomic E-state index is 0.147. The maximum absolute atomic E-state index is 11.9. The second kappa shape index (κ2) is 6.71. The van der Waals surface area contributed by atoms with Gasteiger partial charge in [-0.15, -0.1) is 11.3 Å². The molecule has 0 radical (unpaired) electrons. The van der Waals surface area contributed by atoms with Crippen LogP contribution in [0.5, 0.6) is 0 Å². The molecule has 0 amide bonds. The number of aryl methyl sites for hydroxylation is 3. The molecule has 0 aliphatic carbocycles. The first kappa shape index (κ1) is 16.8. The SMILES string of the molecule is CC(=O)c1c(C)cc(C)c(CN(C)Cc2csc(C)n2)c1C. The van der Waals surface area contributed by atoms with Crippen molar-refractivity contribution >= 4 is 17.1 Å². The van der Waals surface area contributed by atoms with Crippen molar-refractivity contribution in [3.05, 3.63) is 50.0 Å². The van der Waals surface area contributed by atoms with Gasteiger partial charge in [-0.05, 0) is 63.9 Å². The smallest absolute Gasteiger partial charge is 0.160 e. The van der Waals surface area contributed by atoms with Crippen molar-refractivity contribution in [3.63, 3.8) is 0 Å². The Bertz CT molecular complexity index is 703. The van der Waals surface area contributed by atoms with E-state index < -0.39 is 0 Å². The van der Waals surface area contributed by atoms with Crippen LogP contribution in [0.3, 0.4) is 0 Å². The summed E-state index contributed by atoms with van der Waals surface area (Å²) in [4.78, 5) is 18.7. The Balaban J connectivity index is 2.25. The number of rotatable bonds is 5. The summed E-state index contributed by atoms with van der Waals surface area (Å²) < 4.78 is 0. The first-order valence-corrected chi connectivity index (χ1v) is 8.37. The van der Waals surface area contributed by atoms with Crippen molar-refractivity contribution < 1.29 is 4.79 Å². The molecular weight excluding hydrogens is 292 g/mol. The van der Waals surface area contributed by atoms with Crippen molar-refractivity contribution in [3.8, 4) is 0 Å². The van der Waals surface area contributed by atoms with Crippen LogP contribution in [-0.4, -0.2) is 22.7 Å². The highest BCUT2D eigenvalue weighted by atomic mass is 32.1. The van der Waals surface area contributed by atoms with E-state index in [0.717, 1.165) is 40.5 Å². The Morgan fingerprint density at radius 2 is 1.86 bits per heavy atom. The third-order valence-corrected chi connectivity index (χ3v) is 4.83. The third kappa shape index (κ3) is 3.62. The van der Waals surface area contributed by atoms with E-state index in [2.05, 4.69) is 42.2 Å². The summed E-state index contributed by atoms with van der Waals surface area (Å²) in [7, 11) is 2.10. The zero-order chi connectivity index (χ0) is 16.4. The highest BCUT2D eigenvalue weighted by Crippen LogP contribution is 2.24. The molecular formula is C18H24N2OS. The fourth-order valence-corrected chi connectivity index (χ4v) is 3.70. The van der Waals surface area contributed by atoms with Gasteiger partial charge in [0.15, 0.2) is 5.78 Å². The van der Waals surface area contributed by atoms with Crippen LogP contribution in [-0.2, 0) is 13.1 Å². The molecule has 0 fully saturated rings. The Hall–Kier alpha value is -1.52. The molecule has 0 N–H and O–H groups in total. The quantitative estimate of drug-likeness (QED) is 0.775. The van der Waals surface area contributed by atoms with Crippen molar-refractivity contribution in [2.75, 3.05) is 7.05 Å². The monoisotopic (exact) mass is 316 g/mol. The molecule has 0 saturated heterocycles. The number of carbonyl (C=O) groups is 1. The Labute approximate surface area is 137 Å². The molecule has 118 valence electrons. The summed E-state index contributed by atoms with van der Waals surface area (Å²) in [6.07, 6.45) is 0. The summed E-state index contributed by atoms with van der Waals surface area (Å²) in [5.41, 5.74) is 6.68. The van der Waals surface area contributed by atoms with E-state index in [-0.39, 0.29) is 5.78 Å². The molecule has 0 spiro atoms. The van der Waals surface area contributed by atoms with Gasteiger partial charge in [0.2, 0.25) is 0 Å². The highest BCUT2D eigenvalue weighted by Gasteiger charge is 2.15. The van der Waals surface area contributed by atoms with Gasteiger partial charge >= 0.3 is 0 Å². The van der Waals surface area contributed by atoms with Gasteiger partial charge in [-0.3, -0.25) is 9.69 Å². The highest BCUT2D eigenvalue weighted by molar-refractivity contribution is 7.09. The van der Waals surface area contributed by atoms with Crippen molar-refractivity contribution in [2.24, 2.45) is 0 Å². The number of ketones is 1. The largest absolute Gasteiger partial charge is 0.296 e. The van der Waals surface area contributed by atoms with Gasteiger partial charge in [-0.25, -0.2) is 4.98 Å². The number of carbonyl (C=O) groups excluding carboxylic acids is 1. The minimum Gasteiger partial charge on any atom is -0.296 e. The Morgan fingerprint density at radius 3 is 2.41 bits per heavy atom. The van der Waals surface area contributed by atoms with E-state index in [1.165, 1.54) is 11.1 Å². The number of hydrogen-bond donors (Lipinski definition) is 0. The molecule has 2 rings (SSSR count). The second-order valence-electron chi connectivity index (χ2n) is 6.08. The minimum atomic E-state index is 0.147. The Kier molecular flexibility index (Phi) is 5.14. The normalized spacial score (nSPS) is 11.2. The number of hydrogen-bond acceptors (Lipinski definition) is 4. The number of nitrogens with zero attached hydrogens (tertiary/aromatic N) is 2. The van der Waals surface area contributed by atoms with Gasteiger partial charge in [-0.1, -0.05) is 6.07 Å². The summed E-state index contributed by atoms with van der Waals surface area (Å²) >= 11 is 1.68. The Morgan fingerprint density at radius 1 is 1.18 bits per heavy atom. The molecule has 22 heavy (non-hydrogen) atoms. The molecule has 1 aromatic carbocycles.